The number of piperazine rings is 1. The summed E-state index contributed by atoms with van der Waals surface area (Å²) in [6.07, 6.45) is 4.22. The number of hydrogen-bond acceptors (Lipinski definition) is 9. The Bertz CT molecular complexity index is 1790. The highest BCUT2D eigenvalue weighted by Crippen LogP contribution is 2.40. The smallest absolute Gasteiger partial charge is 0.347 e. The van der Waals surface area contributed by atoms with Gasteiger partial charge in [0.25, 0.3) is 0 Å². The second kappa shape index (κ2) is 12.6. The first-order valence-electron chi connectivity index (χ1n) is 14.5. The summed E-state index contributed by atoms with van der Waals surface area (Å²) in [7, 11) is 0. The molecule has 12 nitrogen and oxygen atoms in total. The van der Waals surface area contributed by atoms with Crippen LogP contribution < -0.4 is 20.2 Å². The van der Waals surface area contributed by atoms with Gasteiger partial charge in [0.2, 0.25) is 5.79 Å². The largest absolute Gasteiger partial charge is 0.491 e. The predicted molar refractivity (Wildman–Crippen MR) is 170 cm³/mol. The van der Waals surface area contributed by atoms with Crippen molar-refractivity contribution >= 4 is 34.6 Å². The minimum absolute atomic E-state index is 0.255. The normalized spacial score (nSPS) is 20.1. The van der Waals surface area contributed by atoms with Crippen LogP contribution in [0, 0.1) is 0 Å². The molecular weight excluding hydrogens is 619 g/mol. The maximum atomic E-state index is 11.8. The molecule has 45 heavy (non-hydrogen) atoms. The lowest BCUT2D eigenvalue weighted by Gasteiger charge is -2.37. The maximum Gasteiger partial charge on any atom is 0.347 e. The molecule has 2 fully saturated rings. The van der Waals surface area contributed by atoms with Crippen molar-refractivity contribution in [3.05, 3.63) is 112 Å². The molecule has 2 atom stereocenters. The average molecular weight is 650 g/mol. The number of anilines is 2. The molecule has 0 radical (unpaired) electrons. The number of halogens is 2. The number of nitrogens with one attached hydrogen (secondary N) is 1. The van der Waals surface area contributed by atoms with E-state index in [0.717, 1.165) is 49.0 Å². The van der Waals surface area contributed by atoms with Crippen LogP contribution in [0.4, 0.5) is 11.4 Å². The average Bonchev–Trinajstić information content (AvgIpc) is 3.83. The number of benzene rings is 3. The van der Waals surface area contributed by atoms with Crippen LogP contribution in [0.5, 0.6) is 5.75 Å². The fraction of sp³-hybridized carbons (Fsp3) is 0.290. The molecule has 0 bridgehead atoms. The summed E-state index contributed by atoms with van der Waals surface area (Å²) >= 11 is 12.7. The summed E-state index contributed by atoms with van der Waals surface area (Å²) in [5.74, 6) is -0.410. The van der Waals surface area contributed by atoms with Crippen LogP contribution in [0.1, 0.15) is 5.56 Å². The minimum atomic E-state index is -1.16. The molecule has 2 saturated heterocycles. The molecule has 0 unspecified atom stereocenters. The molecule has 3 aromatic carbocycles. The summed E-state index contributed by atoms with van der Waals surface area (Å²) in [6.45, 7) is 4.43. The second-order valence-electron chi connectivity index (χ2n) is 10.8. The molecular formula is C31H30Cl2N8O4. The summed E-state index contributed by atoms with van der Waals surface area (Å²) in [5, 5.41) is 11.4. The summed E-state index contributed by atoms with van der Waals surface area (Å²) in [4.78, 5) is 20.6. The van der Waals surface area contributed by atoms with E-state index in [1.165, 1.54) is 17.2 Å². The molecule has 5 aromatic rings. The number of H-pyrrole nitrogens is 1. The van der Waals surface area contributed by atoms with Gasteiger partial charge in [-0.3, -0.25) is 0 Å². The highest BCUT2D eigenvalue weighted by molar-refractivity contribution is 6.35. The van der Waals surface area contributed by atoms with Crippen molar-refractivity contribution in [2.24, 2.45) is 0 Å². The topological polar surface area (TPSA) is 116 Å². The number of nitrogens with zero attached hydrogens (tertiary/aromatic N) is 7. The monoisotopic (exact) mass is 648 g/mol. The van der Waals surface area contributed by atoms with Gasteiger partial charge < -0.3 is 24.0 Å². The SMILES string of the molecule is O=c1[nH]ncn1-c1ccc(N2CCN(c3ccc(OC[C@@H]4CO[C@@](Cn5cncn5)(c5ccc(Cl)cc5Cl)O4)cc3)CC2)cc1. The van der Waals surface area contributed by atoms with Gasteiger partial charge in [-0.05, 0) is 60.7 Å². The third-order valence-electron chi connectivity index (χ3n) is 8.00. The van der Waals surface area contributed by atoms with Crippen molar-refractivity contribution in [3.8, 4) is 11.4 Å². The van der Waals surface area contributed by atoms with Gasteiger partial charge in [-0.2, -0.15) is 10.2 Å². The Labute approximate surface area is 268 Å². The lowest BCUT2D eigenvalue weighted by Crippen LogP contribution is -2.46. The zero-order valence-electron chi connectivity index (χ0n) is 24.1. The molecule has 0 amide bonds. The first kappa shape index (κ1) is 29.4. The number of hydrogen-bond donors (Lipinski definition) is 1. The van der Waals surface area contributed by atoms with E-state index in [2.05, 4.69) is 42.2 Å². The van der Waals surface area contributed by atoms with E-state index in [-0.39, 0.29) is 18.3 Å². The summed E-state index contributed by atoms with van der Waals surface area (Å²) in [6, 6.07) is 21.3. The van der Waals surface area contributed by atoms with E-state index >= 15 is 0 Å². The molecule has 1 N–H and O–H groups in total. The van der Waals surface area contributed by atoms with Crippen molar-refractivity contribution in [1.82, 2.24) is 29.5 Å². The van der Waals surface area contributed by atoms with Gasteiger partial charge >= 0.3 is 5.69 Å². The molecule has 0 saturated carbocycles. The summed E-state index contributed by atoms with van der Waals surface area (Å²) in [5.41, 5.74) is 3.46. The zero-order chi connectivity index (χ0) is 30.8. The van der Waals surface area contributed by atoms with Gasteiger partial charge in [-0.25, -0.2) is 24.1 Å². The van der Waals surface area contributed by atoms with E-state index < -0.39 is 5.79 Å². The van der Waals surface area contributed by atoms with Crippen LogP contribution in [-0.2, 0) is 21.8 Å². The molecule has 2 aliphatic rings. The quantitative estimate of drug-likeness (QED) is 0.252. The van der Waals surface area contributed by atoms with Crippen molar-refractivity contribution < 1.29 is 14.2 Å². The van der Waals surface area contributed by atoms with Crippen molar-refractivity contribution in [2.45, 2.75) is 18.4 Å². The number of ether oxygens (including phenoxy) is 3. The first-order valence-corrected chi connectivity index (χ1v) is 15.3. The number of aromatic amines is 1. The van der Waals surface area contributed by atoms with Crippen molar-refractivity contribution in [3.63, 3.8) is 0 Å². The van der Waals surface area contributed by atoms with Crippen LogP contribution in [0.15, 0.2) is 90.5 Å². The van der Waals surface area contributed by atoms with E-state index in [0.29, 0.717) is 28.8 Å². The number of rotatable bonds is 9. The lowest BCUT2D eigenvalue weighted by molar-refractivity contribution is -0.190. The van der Waals surface area contributed by atoms with E-state index in [9.17, 15) is 4.79 Å². The second-order valence-corrected chi connectivity index (χ2v) is 11.7. The zero-order valence-corrected chi connectivity index (χ0v) is 25.6. The molecule has 0 spiro atoms. The van der Waals surface area contributed by atoms with Crippen LogP contribution in [0.3, 0.4) is 0 Å². The fourth-order valence-electron chi connectivity index (χ4n) is 5.70. The Morgan fingerprint density at radius 2 is 1.60 bits per heavy atom. The van der Waals surface area contributed by atoms with Crippen LogP contribution >= 0.6 is 23.2 Å². The fourth-order valence-corrected chi connectivity index (χ4v) is 6.26. The molecule has 2 aromatic heterocycles. The Morgan fingerprint density at radius 3 is 2.22 bits per heavy atom. The van der Waals surface area contributed by atoms with E-state index in [1.54, 1.807) is 23.1 Å². The standard InChI is InChI=1S/C31H30Cl2N8O4/c32-22-1-10-28(29(33)15-22)31(18-40-20-34-19-36-40)44-17-27(45-31)16-43-26-8-6-24(7-9-26)39-13-11-38(12-14-39)23-2-4-25(5-3-23)41-21-35-37-30(41)42/h1-10,15,19-21,27H,11-14,16-18H2,(H,37,42)/t27-,31-/m1/s1. The predicted octanol–water partition coefficient (Wildman–Crippen LogP) is 4.13. The van der Waals surface area contributed by atoms with Gasteiger partial charge in [-0.1, -0.05) is 29.3 Å². The molecule has 7 rings (SSSR count). The van der Waals surface area contributed by atoms with Crippen LogP contribution in [-0.4, -0.2) is 75.0 Å². The highest BCUT2D eigenvalue weighted by atomic mass is 35.5. The lowest BCUT2D eigenvalue weighted by atomic mass is 10.1. The Balaban J connectivity index is 0.936. The van der Waals surface area contributed by atoms with E-state index in [4.69, 9.17) is 37.4 Å². The minimum Gasteiger partial charge on any atom is -0.491 e. The maximum absolute atomic E-state index is 11.8. The van der Waals surface area contributed by atoms with Gasteiger partial charge in [0, 0.05) is 48.1 Å². The Morgan fingerprint density at radius 1 is 0.911 bits per heavy atom. The van der Waals surface area contributed by atoms with Crippen molar-refractivity contribution in [1.29, 1.82) is 0 Å². The molecule has 4 heterocycles. The molecule has 0 aliphatic carbocycles. The van der Waals surface area contributed by atoms with Gasteiger partial charge in [0.05, 0.1) is 17.3 Å². The summed E-state index contributed by atoms with van der Waals surface area (Å²) < 4.78 is 21.9. The highest BCUT2D eigenvalue weighted by Gasteiger charge is 2.45. The van der Waals surface area contributed by atoms with E-state index in [1.807, 2.05) is 42.5 Å². The first-order chi connectivity index (χ1) is 22.0. The molecule has 2 aliphatic heterocycles. The van der Waals surface area contributed by atoms with Gasteiger partial charge in [-0.15, -0.1) is 0 Å². The Hall–Kier alpha value is -4.36. The third kappa shape index (κ3) is 6.27. The molecule has 14 heteroatoms. The third-order valence-corrected chi connectivity index (χ3v) is 8.55. The van der Waals surface area contributed by atoms with Crippen LogP contribution in [0.2, 0.25) is 10.0 Å². The van der Waals surface area contributed by atoms with Gasteiger partial charge in [0.1, 0.15) is 44.0 Å². The van der Waals surface area contributed by atoms with Crippen LogP contribution in [0.25, 0.3) is 5.69 Å². The van der Waals surface area contributed by atoms with Gasteiger partial charge in [0.15, 0.2) is 0 Å². The number of aromatic nitrogens is 6. The molecule has 232 valence electrons. The Kier molecular flexibility index (Phi) is 8.19. The van der Waals surface area contributed by atoms with Crippen molar-refractivity contribution in [2.75, 3.05) is 49.2 Å².